The van der Waals surface area contributed by atoms with Gasteiger partial charge in [-0.3, -0.25) is 14.9 Å². The van der Waals surface area contributed by atoms with Crippen LogP contribution in [0.15, 0.2) is 36.9 Å². The summed E-state index contributed by atoms with van der Waals surface area (Å²) < 4.78 is 6.41. The Bertz CT molecular complexity index is 869. The number of fused-ring (bicyclic) bond motifs is 1. The van der Waals surface area contributed by atoms with Gasteiger partial charge in [0, 0.05) is 13.0 Å². The van der Waals surface area contributed by atoms with E-state index in [0.717, 1.165) is 34.5 Å². The van der Waals surface area contributed by atoms with E-state index in [2.05, 4.69) is 22.2 Å². The van der Waals surface area contributed by atoms with Crippen molar-refractivity contribution in [3.63, 3.8) is 0 Å². The molecule has 3 amide bonds. The number of nitrogens with zero attached hydrogens (tertiary/aromatic N) is 1. The second-order valence-electron chi connectivity index (χ2n) is 7.22. The highest BCUT2D eigenvalue weighted by Crippen LogP contribution is 2.41. The molecule has 0 radical (unpaired) electrons. The fourth-order valence-corrected chi connectivity index (χ4v) is 4.73. The fourth-order valence-electron chi connectivity index (χ4n) is 3.62. The van der Waals surface area contributed by atoms with E-state index in [-0.39, 0.29) is 6.54 Å². The number of urea groups is 1. The Balaban J connectivity index is 1.64. The van der Waals surface area contributed by atoms with Crippen molar-refractivity contribution in [2.75, 3.05) is 13.2 Å². The first kappa shape index (κ1) is 21.0. The van der Waals surface area contributed by atoms with Gasteiger partial charge in [-0.25, -0.2) is 9.78 Å². The maximum absolute atomic E-state index is 13.0. The van der Waals surface area contributed by atoms with Crippen LogP contribution < -0.4 is 10.6 Å². The molecule has 1 heterocycles. The summed E-state index contributed by atoms with van der Waals surface area (Å²) in [5.41, 5.74) is 0.258. The first-order chi connectivity index (χ1) is 14.0. The van der Waals surface area contributed by atoms with Gasteiger partial charge < -0.3 is 10.1 Å². The highest BCUT2D eigenvalue weighted by Gasteiger charge is 2.42. The molecule has 1 fully saturated rings. The number of para-hydroxylation sites is 1. The number of hydrogen-bond acceptors (Lipinski definition) is 6. The molecule has 154 valence electrons. The minimum absolute atomic E-state index is 0.240. The summed E-state index contributed by atoms with van der Waals surface area (Å²) in [5, 5.41) is 5.46. The average Bonchev–Trinajstić information content (AvgIpc) is 3.13. The van der Waals surface area contributed by atoms with Crippen LogP contribution in [0.2, 0.25) is 0 Å². The summed E-state index contributed by atoms with van der Waals surface area (Å²) in [7, 11) is 0. The van der Waals surface area contributed by atoms with Gasteiger partial charge in [0.1, 0.15) is 0 Å². The molecule has 0 aliphatic heterocycles. The number of aromatic nitrogens is 1. The Morgan fingerprint density at radius 3 is 2.69 bits per heavy atom. The topological polar surface area (TPSA) is 97.4 Å². The summed E-state index contributed by atoms with van der Waals surface area (Å²) in [6.45, 7) is 3.23. The van der Waals surface area contributed by atoms with Crippen molar-refractivity contribution in [2.45, 2.75) is 38.5 Å². The van der Waals surface area contributed by atoms with Gasteiger partial charge in [-0.05, 0) is 25.0 Å². The molecule has 29 heavy (non-hydrogen) atoms. The van der Waals surface area contributed by atoms with Crippen LogP contribution in [0.25, 0.3) is 10.2 Å². The van der Waals surface area contributed by atoms with Crippen molar-refractivity contribution in [1.29, 1.82) is 0 Å². The van der Waals surface area contributed by atoms with Crippen molar-refractivity contribution >= 4 is 39.5 Å². The molecule has 1 aliphatic rings. The fraction of sp³-hybridized carbons (Fsp3) is 0.429. The zero-order valence-electron chi connectivity index (χ0n) is 16.2. The third-order valence-electron chi connectivity index (χ3n) is 5.07. The number of carbonyl (C=O) groups is 3. The Labute approximate surface area is 173 Å². The van der Waals surface area contributed by atoms with Crippen molar-refractivity contribution in [1.82, 2.24) is 15.6 Å². The highest BCUT2D eigenvalue weighted by molar-refractivity contribution is 7.18. The number of thiazole rings is 1. The molecule has 8 heteroatoms. The molecule has 0 atom stereocenters. The van der Waals surface area contributed by atoms with Gasteiger partial charge in [-0.15, -0.1) is 17.9 Å². The second kappa shape index (κ2) is 9.65. The molecule has 0 unspecified atom stereocenters. The van der Waals surface area contributed by atoms with Crippen LogP contribution in [-0.2, 0) is 20.7 Å². The second-order valence-corrected chi connectivity index (χ2v) is 8.33. The number of nitrogens with one attached hydrogen (secondary N) is 2. The zero-order valence-corrected chi connectivity index (χ0v) is 17.1. The summed E-state index contributed by atoms with van der Waals surface area (Å²) >= 11 is 1.59. The van der Waals surface area contributed by atoms with E-state index in [1.807, 2.05) is 24.3 Å². The molecule has 1 aromatic carbocycles. The van der Waals surface area contributed by atoms with Gasteiger partial charge in [0.2, 0.25) is 0 Å². The lowest BCUT2D eigenvalue weighted by Gasteiger charge is -2.34. The Kier molecular flexibility index (Phi) is 6.98. The van der Waals surface area contributed by atoms with Gasteiger partial charge in [-0.1, -0.05) is 37.5 Å². The van der Waals surface area contributed by atoms with E-state index >= 15 is 0 Å². The minimum Gasteiger partial charge on any atom is -0.455 e. The van der Waals surface area contributed by atoms with Crippen LogP contribution in [0.1, 0.15) is 37.1 Å². The van der Waals surface area contributed by atoms with E-state index < -0.39 is 29.9 Å². The smallest absolute Gasteiger partial charge is 0.321 e. The first-order valence-electron chi connectivity index (χ1n) is 9.73. The monoisotopic (exact) mass is 415 g/mol. The van der Waals surface area contributed by atoms with Crippen LogP contribution in [0.4, 0.5) is 4.79 Å². The van der Waals surface area contributed by atoms with Crippen molar-refractivity contribution in [3.05, 3.63) is 41.9 Å². The molecule has 3 rings (SSSR count). The Morgan fingerprint density at radius 1 is 1.21 bits per heavy atom. The van der Waals surface area contributed by atoms with E-state index in [1.54, 1.807) is 11.3 Å². The van der Waals surface area contributed by atoms with Gasteiger partial charge in [0.05, 0.1) is 20.6 Å². The maximum Gasteiger partial charge on any atom is 0.321 e. The van der Waals surface area contributed by atoms with Crippen molar-refractivity contribution in [2.24, 2.45) is 5.41 Å². The van der Waals surface area contributed by atoms with E-state index in [1.165, 1.54) is 6.08 Å². The molecule has 7 nitrogen and oxygen atoms in total. The average molecular weight is 416 g/mol. The summed E-state index contributed by atoms with van der Waals surface area (Å²) in [4.78, 5) is 41.0. The lowest BCUT2D eigenvalue weighted by molar-refractivity contribution is -0.161. The molecule has 0 spiro atoms. The predicted molar refractivity (Wildman–Crippen MR) is 112 cm³/mol. The van der Waals surface area contributed by atoms with E-state index in [4.69, 9.17) is 4.74 Å². The minimum atomic E-state index is -0.669. The van der Waals surface area contributed by atoms with E-state index in [0.29, 0.717) is 19.3 Å². The van der Waals surface area contributed by atoms with Crippen LogP contribution in [0.5, 0.6) is 0 Å². The van der Waals surface area contributed by atoms with Gasteiger partial charge in [-0.2, -0.15) is 0 Å². The standard InChI is InChI=1S/C21H25N3O4S/c1-2-12-22-20(27)24-17(25)14-28-19(26)21(10-6-3-7-11-21)13-18-23-15-8-4-5-9-16(15)29-18/h2,4-5,8-9H,1,3,6-7,10-14H2,(H2,22,24,25,27). The Morgan fingerprint density at radius 2 is 1.97 bits per heavy atom. The molecule has 1 saturated carbocycles. The maximum atomic E-state index is 13.0. The number of benzene rings is 1. The Hall–Kier alpha value is -2.74. The number of ether oxygens (including phenoxy) is 1. The van der Waals surface area contributed by atoms with Gasteiger partial charge >= 0.3 is 12.0 Å². The van der Waals surface area contributed by atoms with Gasteiger partial charge in [0.25, 0.3) is 5.91 Å². The molecule has 1 aromatic heterocycles. The van der Waals surface area contributed by atoms with Gasteiger partial charge in [0.15, 0.2) is 6.61 Å². The molecular formula is C21H25N3O4S. The molecular weight excluding hydrogens is 390 g/mol. The third-order valence-corrected chi connectivity index (χ3v) is 6.10. The molecule has 2 N–H and O–H groups in total. The van der Waals surface area contributed by atoms with Crippen LogP contribution in [-0.4, -0.2) is 36.0 Å². The molecule has 0 bridgehead atoms. The molecule has 1 aliphatic carbocycles. The van der Waals surface area contributed by atoms with Crippen LogP contribution in [0.3, 0.4) is 0 Å². The number of amides is 3. The van der Waals surface area contributed by atoms with E-state index in [9.17, 15) is 14.4 Å². The lowest BCUT2D eigenvalue weighted by atomic mass is 9.72. The SMILES string of the molecule is C=CCNC(=O)NC(=O)COC(=O)C1(Cc2nc3ccccc3s2)CCCCC1. The number of esters is 1. The number of imide groups is 1. The van der Waals surface area contributed by atoms with Crippen LogP contribution >= 0.6 is 11.3 Å². The molecule has 2 aromatic rings. The lowest BCUT2D eigenvalue weighted by Crippen LogP contribution is -2.43. The van der Waals surface area contributed by atoms with Crippen molar-refractivity contribution < 1.29 is 19.1 Å². The largest absolute Gasteiger partial charge is 0.455 e. The summed E-state index contributed by atoms with van der Waals surface area (Å²) in [6, 6.07) is 7.25. The summed E-state index contributed by atoms with van der Waals surface area (Å²) in [6.07, 6.45) is 6.39. The number of carbonyl (C=O) groups excluding carboxylic acids is 3. The predicted octanol–water partition coefficient (Wildman–Crippen LogP) is 3.34. The highest BCUT2D eigenvalue weighted by atomic mass is 32.1. The van der Waals surface area contributed by atoms with Crippen LogP contribution in [0, 0.1) is 5.41 Å². The quantitative estimate of drug-likeness (QED) is 0.534. The third kappa shape index (κ3) is 5.41. The first-order valence-corrected chi connectivity index (χ1v) is 10.5. The molecule has 0 saturated heterocycles. The normalized spacial score (nSPS) is 15.4. The van der Waals surface area contributed by atoms with Crippen molar-refractivity contribution in [3.8, 4) is 0 Å². The number of hydrogen-bond donors (Lipinski definition) is 2. The zero-order chi connectivity index (χ0) is 20.7. The summed E-state index contributed by atoms with van der Waals surface area (Å²) in [5.74, 6) is -1.05. The number of rotatable bonds is 7.